The molecule has 1 saturated carbocycles. The fourth-order valence-electron chi connectivity index (χ4n) is 4.10. The number of carbonyl (C=O) groups excluding carboxylic acids is 1. The van der Waals surface area contributed by atoms with E-state index in [2.05, 4.69) is 5.32 Å². The van der Waals surface area contributed by atoms with E-state index in [1.165, 1.54) is 43.1 Å². The normalized spacial score (nSPS) is 28.0. The number of carbonyl (C=O) groups is 1. The van der Waals surface area contributed by atoms with E-state index in [1.807, 2.05) is 13.0 Å². The van der Waals surface area contributed by atoms with Gasteiger partial charge in [0.1, 0.15) is 5.82 Å². The van der Waals surface area contributed by atoms with Crippen LogP contribution in [0.2, 0.25) is 0 Å². The zero-order valence-corrected chi connectivity index (χ0v) is 13.3. The molecule has 1 aromatic rings. The maximum Gasteiger partial charge on any atom is 0.279 e. The van der Waals surface area contributed by atoms with Crippen LogP contribution < -0.4 is 10.2 Å². The van der Waals surface area contributed by atoms with Crippen molar-refractivity contribution in [1.29, 1.82) is 0 Å². The molecule has 1 unspecified atom stereocenters. The highest BCUT2D eigenvalue weighted by atomic mass is 19.1. The van der Waals surface area contributed by atoms with Gasteiger partial charge < -0.3 is 10.2 Å². The monoisotopic (exact) mass is 305 g/mol. The lowest BCUT2D eigenvalue weighted by atomic mass is 9.75. The van der Waals surface area contributed by atoms with Gasteiger partial charge in [0.2, 0.25) is 0 Å². The summed E-state index contributed by atoms with van der Waals surface area (Å²) in [5, 5.41) is 2.72. The second kappa shape index (κ2) is 6.78. The van der Waals surface area contributed by atoms with Gasteiger partial charge in [0.15, 0.2) is 6.54 Å². The molecule has 3 rings (SSSR count). The Balaban J connectivity index is 1.53. The highest BCUT2D eigenvalue weighted by Crippen LogP contribution is 2.32. The molecule has 22 heavy (non-hydrogen) atoms. The van der Waals surface area contributed by atoms with Crippen molar-refractivity contribution in [2.45, 2.75) is 39.0 Å². The first-order valence-corrected chi connectivity index (χ1v) is 8.51. The fourth-order valence-corrected chi connectivity index (χ4v) is 4.10. The summed E-state index contributed by atoms with van der Waals surface area (Å²) < 4.78 is 13.8. The average molecular weight is 305 g/mol. The van der Waals surface area contributed by atoms with Gasteiger partial charge in [0.25, 0.3) is 5.91 Å². The standard InChI is InChI=1S/C18H25FN2O/c1-13-6-7-17(16(19)10-13)20-18(22)12-21-9-8-14-4-2-3-5-15(14)11-21/h6-7,10,14-15H,2-5,8-9,11-12H2,1H3,(H,20,22)/p+1/t14-,15+/m0/s1. The Morgan fingerprint density at radius 2 is 2.05 bits per heavy atom. The van der Waals surface area contributed by atoms with E-state index >= 15 is 0 Å². The molecule has 1 amide bonds. The van der Waals surface area contributed by atoms with Crippen LogP contribution in [0.25, 0.3) is 0 Å². The zero-order chi connectivity index (χ0) is 15.5. The summed E-state index contributed by atoms with van der Waals surface area (Å²) in [4.78, 5) is 13.5. The Morgan fingerprint density at radius 1 is 1.27 bits per heavy atom. The SMILES string of the molecule is Cc1ccc(NC(=O)C[NH+]2CC[C@@H]3CCCC[C@@H]3C2)c(F)c1. The maximum absolute atomic E-state index is 13.8. The van der Waals surface area contributed by atoms with Gasteiger partial charge in [-0.15, -0.1) is 0 Å². The van der Waals surface area contributed by atoms with Crippen LogP contribution in [0.1, 0.15) is 37.7 Å². The van der Waals surface area contributed by atoms with E-state index < -0.39 is 0 Å². The molecule has 0 radical (unpaired) electrons. The Bertz CT molecular complexity index is 546. The lowest BCUT2D eigenvalue weighted by Gasteiger charge is -2.38. The van der Waals surface area contributed by atoms with Crippen LogP contribution in [0, 0.1) is 24.6 Å². The van der Waals surface area contributed by atoms with Gasteiger partial charge in [-0.25, -0.2) is 4.39 Å². The van der Waals surface area contributed by atoms with E-state index in [1.54, 1.807) is 6.07 Å². The van der Waals surface area contributed by atoms with Gasteiger partial charge in [0.05, 0.1) is 18.8 Å². The number of benzene rings is 1. The molecule has 0 aromatic heterocycles. The number of anilines is 1. The number of likely N-dealkylation sites (tertiary alicyclic amines) is 1. The van der Waals surface area contributed by atoms with Gasteiger partial charge in [-0.1, -0.05) is 18.9 Å². The van der Waals surface area contributed by atoms with Crippen molar-refractivity contribution in [3.05, 3.63) is 29.6 Å². The Morgan fingerprint density at radius 3 is 2.82 bits per heavy atom. The Labute approximate surface area is 131 Å². The third kappa shape index (κ3) is 3.67. The predicted molar refractivity (Wildman–Crippen MR) is 85.4 cm³/mol. The van der Waals surface area contributed by atoms with Gasteiger partial charge in [-0.3, -0.25) is 4.79 Å². The molecule has 3 nitrogen and oxygen atoms in total. The van der Waals surface area contributed by atoms with Crippen LogP contribution in [0.5, 0.6) is 0 Å². The fraction of sp³-hybridized carbons (Fsp3) is 0.611. The van der Waals surface area contributed by atoms with E-state index in [-0.39, 0.29) is 11.7 Å². The van der Waals surface area contributed by atoms with Crippen LogP contribution in [0.3, 0.4) is 0 Å². The maximum atomic E-state index is 13.8. The van der Waals surface area contributed by atoms with Crippen LogP contribution >= 0.6 is 0 Å². The van der Waals surface area contributed by atoms with E-state index in [0.29, 0.717) is 12.2 Å². The molecule has 2 N–H and O–H groups in total. The lowest BCUT2D eigenvalue weighted by Crippen LogP contribution is -3.15. The number of hydrogen-bond acceptors (Lipinski definition) is 1. The molecule has 4 heteroatoms. The van der Waals surface area contributed by atoms with Crippen molar-refractivity contribution in [3.8, 4) is 0 Å². The van der Waals surface area contributed by atoms with Crippen molar-refractivity contribution < 1.29 is 14.1 Å². The minimum Gasteiger partial charge on any atom is -0.327 e. The Kier molecular flexibility index (Phi) is 4.77. The quantitative estimate of drug-likeness (QED) is 0.881. The molecule has 120 valence electrons. The first-order valence-electron chi connectivity index (χ1n) is 8.51. The third-order valence-corrected chi connectivity index (χ3v) is 5.30. The summed E-state index contributed by atoms with van der Waals surface area (Å²) in [6, 6.07) is 4.92. The number of quaternary nitrogens is 1. The average Bonchev–Trinajstić information content (AvgIpc) is 2.50. The molecule has 1 aliphatic heterocycles. The summed E-state index contributed by atoms with van der Waals surface area (Å²) in [5.41, 5.74) is 1.16. The van der Waals surface area contributed by atoms with Crippen LogP contribution in [0.15, 0.2) is 18.2 Å². The van der Waals surface area contributed by atoms with Crippen molar-refractivity contribution in [1.82, 2.24) is 0 Å². The summed E-state index contributed by atoms with van der Waals surface area (Å²) in [5.74, 6) is 1.25. The summed E-state index contributed by atoms with van der Waals surface area (Å²) >= 11 is 0. The summed E-state index contributed by atoms with van der Waals surface area (Å²) in [6.07, 6.45) is 6.66. The third-order valence-electron chi connectivity index (χ3n) is 5.30. The topological polar surface area (TPSA) is 33.5 Å². The van der Waals surface area contributed by atoms with Gasteiger partial charge in [-0.2, -0.15) is 0 Å². The number of rotatable bonds is 3. The molecular formula is C18H26FN2O+. The van der Waals surface area contributed by atoms with Crippen molar-refractivity contribution in [3.63, 3.8) is 0 Å². The Hall–Kier alpha value is -1.42. The van der Waals surface area contributed by atoms with E-state index in [9.17, 15) is 9.18 Å². The smallest absolute Gasteiger partial charge is 0.279 e. The summed E-state index contributed by atoms with van der Waals surface area (Å²) in [6.45, 7) is 4.48. The highest BCUT2D eigenvalue weighted by Gasteiger charge is 2.34. The van der Waals surface area contributed by atoms with E-state index in [4.69, 9.17) is 0 Å². The highest BCUT2D eigenvalue weighted by molar-refractivity contribution is 5.91. The van der Waals surface area contributed by atoms with Crippen molar-refractivity contribution in [2.75, 3.05) is 25.0 Å². The number of halogens is 1. The molecular weight excluding hydrogens is 279 g/mol. The van der Waals surface area contributed by atoms with Crippen LogP contribution in [-0.2, 0) is 4.79 Å². The molecule has 0 bridgehead atoms. The number of fused-ring (bicyclic) bond motifs is 1. The molecule has 3 atom stereocenters. The van der Waals surface area contributed by atoms with Gasteiger partial charge in [0, 0.05) is 5.92 Å². The molecule has 0 spiro atoms. The van der Waals surface area contributed by atoms with Crippen LogP contribution in [-0.4, -0.2) is 25.5 Å². The molecule has 1 aromatic carbocycles. The first kappa shape index (κ1) is 15.5. The van der Waals surface area contributed by atoms with Gasteiger partial charge in [-0.05, 0) is 49.8 Å². The largest absolute Gasteiger partial charge is 0.327 e. The predicted octanol–water partition coefficient (Wildman–Crippen LogP) is 2.17. The number of hydrogen-bond donors (Lipinski definition) is 2. The number of aryl methyl sites for hydroxylation is 1. The van der Waals surface area contributed by atoms with Crippen LogP contribution in [0.4, 0.5) is 10.1 Å². The molecule has 1 heterocycles. The second-order valence-corrected chi connectivity index (χ2v) is 7.01. The lowest BCUT2D eigenvalue weighted by molar-refractivity contribution is -0.902. The molecule has 1 saturated heterocycles. The molecule has 1 aliphatic carbocycles. The number of amides is 1. The minimum atomic E-state index is -0.352. The number of piperidine rings is 1. The van der Waals surface area contributed by atoms with Crippen molar-refractivity contribution in [2.24, 2.45) is 11.8 Å². The minimum absolute atomic E-state index is 0.0768. The first-order chi connectivity index (χ1) is 10.6. The molecule has 2 fully saturated rings. The second-order valence-electron chi connectivity index (χ2n) is 7.01. The zero-order valence-electron chi connectivity index (χ0n) is 13.3. The van der Waals surface area contributed by atoms with E-state index in [0.717, 1.165) is 30.5 Å². The summed E-state index contributed by atoms with van der Waals surface area (Å²) in [7, 11) is 0. The van der Waals surface area contributed by atoms with Crippen molar-refractivity contribution >= 4 is 11.6 Å². The van der Waals surface area contributed by atoms with Gasteiger partial charge >= 0.3 is 0 Å². The molecule has 2 aliphatic rings. The number of nitrogens with one attached hydrogen (secondary N) is 2.